The number of fused-ring (bicyclic) bond motifs is 2. The Morgan fingerprint density at radius 2 is 1.94 bits per heavy atom. The number of hydrogen-bond acceptors (Lipinski definition) is 5. The predicted octanol–water partition coefficient (Wildman–Crippen LogP) is 2.69. The van der Waals surface area contributed by atoms with Crippen molar-refractivity contribution in [2.45, 2.75) is 63.2 Å². The van der Waals surface area contributed by atoms with Crippen LogP contribution in [0, 0.1) is 5.92 Å². The molecule has 1 aromatic carbocycles. The van der Waals surface area contributed by atoms with Gasteiger partial charge in [-0.15, -0.1) is 0 Å². The van der Waals surface area contributed by atoms with E-state index in [1.165, 1.54) is 12.5 Å². The Hall–Kier alpha value is -3.55. The second kappa shape index (κ2) is 7.48. The van der Waals surface area contributed by atoms with Crippen LogP contribution >= 0.6 is 0 Å². The predicted molar refractivity (Wildman–Crippen MR) is 125 cm³/mol. The molecule has 8 nitrogen and oxygen atoms in total. The molecule has 0 spiro atoms. The van der Waals surface area contributed by atoms with Gasteiger partial charge in [0.15, 0.2) is 5.78 Å². The van der Waals surface area contributed by atoms with E-state index in [1.54, 1.807) is 28.0 Å². The zero-order valence-electron chi connectivity index (χ0n) is 19.3. The number of likely N-dealkylation sites (tertiary alicyclic amines) is 1. The van der Waals surface area contributed by atoms with Crippen LogP contribution in [0.5, 0.6) is 0 Å². The summed E-state index contributed by atoms with van der Waals surface area (Å²) in [6, 6.07) is 11.6. The van der Waals surface area contributed by atoms with Crippen LogP contribution < -0.4 is 5.32 Å². The van der Waals surface area contributed by atoms with Gasteiger partial charge in [-0.05, 0) is 43.7 Å². The zero-order chi connectivity index (χ0) is 23.6. The molecule has 1 unspecified atom stereocenters. The highest BCUT2D eigenvalue weighted by Crippen LogP contribution is 2.52. The third-order valence-corrected chi connectivity index (χ3v) is 7.72. The summed E-state index contributed by atoms with van der Waals surface area (Å²) in [5, 5.41) is 8.33. The van der Waals surface area contributed by atoms with Gasteiger partial charge < -0.3 is 10.2 Å². The molecule has 2 aliphatic carbocycles. The van der Waals surface area contributed by atoms with Crippen LogP contribution in [0.15, 0.2) is 48.8 Å². The molecule has 174 valence electrons. The SMILES string of the molecule is CC(=O)c1nn(CC(=O)N2C3C[C@@H]3C[C@H]2C(=O)N[C@]2(C)C[C@H]2c2ccccc2)c2cnccc12. The van der Waals surface area contributed by atoms with Crippen molar-refractivity contribution in [2.75, 3.05) is 0 Å². The summed E-state index contributed by atoms with van der Waals surface area (Å²) in [4.78, 5) is 44.7. The van der Waals surface area contributed by atoms with Gasteiger partial charge >= 0.3 is 0 Å². The summed E-state index contributed by atoms with van der Waals surface area (Å²) in [6.07, 6.45) is 5.78. The minimum absolute atomic E-state index is 0.0214. The van der Waals surface area contributed by atoms with E-state index in [4.69, 9.17) is 0 Å². The van der Waals surface area contributed by atoms with Crippen molar-refractivity contribution >= 4 is 28.5 Å². The molecule has 3 heterocycles. The molecule has 0 bridgehead atoms. The van der Waals surface area contributed by atoms with Gasteiger partial charge in [-0.2, -0.15) is 5.10 Å². The van der Waals surface area contributed by atoms with Crippen LogP contribution in [0.2, 0.25) is 0 Å². The van der Waals surface area contributed by atoms with Crippen molar-refractivity contribution in [3.05, 3.63) is 60.0 Å². The van der Waals surface area contributed by atoms with Crippen molar-refractivity contribution in [1.82, 2.24) is 25.0 Å². The van der Waals surface area contributed by atoms with Gasteiger partial charge in [0.1, 0.15) is 18.3 Å². The Morgan fingerprint density at radius 3 is 2.71 bits per heavy atom. The van der Waals surface area contributed by atoms with E-state index in [-0.39, 0.29) is 35.7 Å². The zero-order valence-corrected chi connectivity index (χ0v) is 19.3. The quantitative estimate of drug-likeness (QED) is 0.574. The van der Waals surface area contributed by atoms with E-state index in [0.29, 0.717) is 34.9 Å². The summed E-state index contributed by atoms with van der Waals surface area (Å²) >= 11 is 0. The van der Waals surface area contributed by atoms with Gasteiger partial charge in [0, 0.05) is 36.0 Å². The summed E-state index contributed by atoms with van der Waals surface area (Å²) < 4.78 is 1.54. The fraction of sp³-hybridized carbons (Fsp3) is 0.423. The number of Topliss-reactive ketones (excluding diaryl/α,β-unsaturated/α-hetero) is 1. The monoisotopic (exact) mass is 457 g/mol. The third-order valence-electron chi connectivity index (χ3n) is 7.72. The lowest BCUT2D eigenvalue weighted by Crippen LogP contribution is -2.51. The number of amides is 2. The minimum atomic E-state index is -0.461. The number of benzene rings is 1. The molecule has 2 saturated carbocycles. The summed E-state index contributed by atoms with van der Waals surface area (Å²) in [7, 11) is 0. The average molecular weight is 458 g/mol. The van der Waals surface area contributed by atoms with Crippen LogP contribution in [-0.2, 0) is 16.1 Å². The largest absolute Gasteiger partial charge is 0.349 e. The Bertz CT molecular complexity index is 1320. The number of ketones is 1. The first-order valence-corrected chi connectivity index (χ1v) is 11.9. The van der Waals surface area contributed by atoms with Gasteiger partial charge in [0.05, 0.1) is 11.7 Å². The number of nitrogens with one attached hydrogen (secondary N) is 1. The third kappa shape index (κ3) is 3.40. The maximum Gasteiger partial charge on any atom is 0.245 e. The Kier molecular flexibility index (Phi) is 4.62. The molecule has 34 heavy (non-hydrogen) atoms. The second-order valence-corrected chi connectivity index (χ2v) is 10.1. The van der Waals surface area contributed by atoms with E-state index >= 15 is 0 Å². The number of hydrogen-bond donors (Lipinski definition) is 1. The van der Waals surface area contributed by atoms with Crippen molar-refractivity contribution in [2.24, 2.45) is 5.92 Å². The molecule has 5 atom stereocenters. The van der Waals surface area contributed by atoms with E-state index in [1.807, 2.05) is 18.2 Å². The molecule has 3 aromatic rings. The number of piperidine rings is 1. The number of aromatic nitrogens is 3. The molecular weight excluding hydrogens is 430 g/mol. The Balaban J connectivity index is 1.19. The molecule has 2 amide bonds. The lowest BCUT2D eigenvalue weighted by atomic mass is 10.1. The number of nitrogens with zero attached hydrogens (tertiary/aromatic N) is 4. The van der Waals surface area contributed by atoms with Crippen LogP contribution in [0.1, 0.15) is 55.1 Å². The maximum atomic E-state index is 13.4. The van der Waals surface area contributed by atoms with Crippen LogP contribution in [0.3, 0.4) is 0 Å². The highest BCUT2D eigenvalue weighted by Gasteiger charge is 2.58. The van der Waals surface area contributed by atoms with E-state index in [0.717, 1.165) is 12.8 Å². The molecular formula is C26H27N5O3. The lowest BCUT2D eigenvalue weighted by molar-refractivity contribution is -0.140. The van der Waals surface area contributed by atoms with Crippen molar-refractivity contribution < 1.29 is 14.4 Å². The van der Waals surface area contributed by atoms with Gasteiger partial charge in [0.25, 0.3) is 0 Å². The first-order valence-electron chi connectivity index (χ1n) is 11.9. The number of carbonyl (C=O) groups is 3. The van der Waals surface area contributed by atoms with Crippen molar-refractivity contribution in [3.8, 4) is 0 Å². The highest BCUT2D eigenvalue weighted by molar-refractivity contribution is 6.04. The van der Waals surface area contributed by atoms with Gasteiger partial charge in [0.2, 0.25) is 11.8 Å². The van der Waals surface area contributed by atoms with Crippen molar-refractivity contribution in [1.29, 1.82) is 0 Å². The molecule has 3 fully saturated rings. The summed E-state index contributed by atoms with van der Waals surface area (Å²) in [6.45, 7) is 3.52. The van der Waals surface area contributed by atoms with Gasteiger partial charge in [-0.3, -0.25) is 24.0 Å². The summed E-state index contributed by atoms with van der Waals surface area (Å²) in [5.41, 5.74) is 1.93. The number of carbonyl (C=O) groups excluding carboxylic acids is 3. The van der Waals surface area contributed by atoms with E-state index in [2.05, 4.69) is 34.5 Å². The Morgan fingerprint density at radius 1 is 1.15 bits per heavy atom. The highest BCUT2D eigenvalue weighted by atomic mass is 16.2. The molecule has 2 aromatic heterocycles. The molecule has 0 radical (unpaired) electrons. The van der Waals surface area contributed by atoms with Crippen molar-refractivity contribution in [3.63, 3.8) is 0 Å². The molecule has 1 aliphatic heterocycles. The van der Waals surface area contributed by atoms with Gasteiger partial charge in [-0.1, -0.05) is 30.3 Å². The summed E-state index contributed by atoms with van der Waals surface area (Å²) in [5.74, 6) is 0.312. The smallest absolute Gasteiger partial charge is 0.245 e. The maximum absolute atomic E-state index is 13.4. The fourth-order valence-corrected chi connectivity index (χ4v) is 5.70. The average Bonchev–Trinajstić information content (AvgIpc) is 3.65. The fourth-order valence-electron chi connectivity index (χ4n) is 5.70. The van der Waals surface area contributed by atoms with Crippen LogP contribution in [-0.4, -0.2) is 54.9 Å². The first-order chi connectivity index (χ1) is 16.4. The molecule has 6 rings (SSSR count). The van der Waals surface area contributed by atoms with Crippen LogP contribution in [0.4, 0.5) is 0 Å². The van der Waals surface area contributed by atoms with E-state index < -0.39 is 6.04 Å². The minimum Gasteiger partial charge on any atom is -0.349 e. The van der Waals surface area contributed by atoms with Crippen LogP contribution in [0.25, 0.3) is 10.9 Å². The standard InChI is InChI=1S/C26H27N5O3/c1-15(32)24-18-8-9-27-13-22(18)30(29-24)14-23(33)31-20-10-17(20)11-21(31)25(34)28-26(2)12-19(26)16-6-4-3-5-7-16/h3-9,13,17,19-21H,10-12,14H2,1-2H3,(H,28,34)/t17-,19+,20?,21+,26-/m1/s1. The normalized spacial score (nSPS) is 29.1. The number of rotatable bonds is 6. The van der Waals surface area contributed by atoms with Gasteiger partial charge in [-0.25, -0.2) is 0 Å². The molecule has 3 aliphatic rings. The van der Waals surface area contributed by atoms with E-state index in [9.17, 15) is 14.4 Å². The first kappa shape index (κ1) is 21.0. The number of pyridine rings is 1. The Labute approximate surface area is 197 Å². The second-order valence-electron chi connectivity index (χ2n) is 10.1. The topological polar surface area (TPSA) is 97.2 Å². The molecule has 1 N–H and O–H groups in total. The molecule has 1 saturated heterocycles. The lowest BCUT2D eigenvalue weighted by Gasteiger charge is -2.28. The molecule has 8 heteroatoms.